The molecule has 2 amide bonds. The van der Waals surface area contributed by atoms with Crippen LogP contribution >= 0.6 is 0 Å². The summed E-state index contributed by atoms with van der Waals surface area (Å²) in [4.78, 5) is 47.1. The number of carbonyl (C=O) groups excluding carboxylic acids is 4. The Morgan fingerprint density at radius 2 is 1.52 bits per heavy atom. The summed E-state index contributed by atoms with van der Waals surface area (Å²) < 4.78 is 20.0. The van der Waals surface area contributed by atoms with Crippen LogP contribution in [0.15, 0.2) is 30.3 Å². The number of esters is 1. The number of amides is 2. The van der Waals surface area contributed by atoms with Gasteiger partial charge in [0.1, 0.15) is 25.5 Å². The molecule has 1 aromatic rings. The van der Waals surface area contributed by atoms with Gasteiger partial charge in [-0.05, 0) is 17.9 Å². The predicted octanol–water partition coefficient (Wildman–Crippen LogP) is 0.276. The summed E-state index contributed by atoms with van der Waals surface area (Å²) in [5.74, 6) is -1.53. The Bertz CT molecular complexity index is 726. The molecule has 0 aliphatic rings. The minimum absolute atomic E-state index is 0.138. The maximum Gasteiger partial charge on any atom is 0.331 e. The molecule has 0 radical (unpaired) electrons. The molecule has 2 atom stereocenters. The second-order valence-electron chi connectivity index (χ2n) is 7.52. The highest BCUT2D eigenvalue weighted by molar-refractivity contribution is 5.89. The monoisotopic (exact) mass is 466 g/mol. The van der Waals surface area contributed by atoms with Crippen LogP contribution in [-0.4, -0.2) is 82.9 Å². The van der Waals surface area contributed by atoms with Crippen LogP contribution in [0.5, 0.6) is 0 Å². The van der Waals surface area contributed by atoms with Crippen molar-refractivity contribution in [2.24, 2.45) is 5.92 Å². The van der Waals surface area contributed by atoms with Gasteiger partial charge in [0.2, 0.25) is 11.8 Å². The van der Waals surface area contributed by atoms with E-state index in [2.05, 4.69) is 15.4 Å². The van der Waals surface area contributed by atoms with Gasteiger partial charge in [-0.1, -0.05) is 44.2 Å². The average molecular weight is 467 g/mol. The first-order chi connectivity index (χ1) is 15.9. The number of hydrogen-bond donors (Lipinski definition) is 2. The topological polar surface area (TPSA) is 129 Å². The second-order valence-corrected chi connectivity index (χ2v) is 7.52. The van der Waals surface area contributed by atoms with Crippen LogP contribution in [0.1, 0.15) is 19.4 Å². The molecule has 0 spiro atoms. The number of hydrogen-bond acceptors (Lipinski definition) is 8. The minimum Gasteiger partial charge on any atom is -0.467 e. The first-order valence-electron chi connectivity index (χ1n) is 10.8. The van der Waals surface area contributed by atoms with Gasteiger partial charge in [0.15, 0.2) is 0 Å². The number of benzene rings is 1. The number of methoxy groups -OCH3 is 1. The van der Waals surface area contributed by atoms with E-state index in [1.165, 1.54) is 7.11 Å². The van der Waals surface area contributed by atoms with E-state index < -0.39 is 29.9 Å². The van der Waals surface area contributed by atoms with Crippen LogP contribution in [-0.2, 0) is 44.5 Å². The zero-order valence-electron chi connectivity index (χ0n) is 19.4. The van der Waals surface area contributed by atoms with Crippen LogP contribution in [0, 0.1) is 5.92 Å². The fraction of sp³-hybridized carbons (Fsp3) is 0.565. The van der Waals surface area contributed by atoms with Crippen LogP contribution in [0.2, 0.25) is 0 Å². The van der Waals surface area contributed by atoms with Crippen molar-refractivity contribution in [2.75, 3.05) is 46.8 Å². The summed E-state index contributed by atoms with van der Waals surface area (Å²) in [7, 11) is 1.28. The highest BCUT2D eigenvalue weighted by atomic mass is 16.6. The lowest BCUT2D eigenvalue weighted by molar-refractivity contribution is -0.146. The van der Waals surface area contributed by atoms with Crippen LogP contribution in [0.4, 0.5) is 0 Å². The molecule has 0 fully saturated rings. The van der Waals surface area contributed by atoms with Crippen LogP contribution in [0.3, 0.4) is 0 Å². The third kappa shape index (κ3) is 12.7. The maximum atomic E-state index is 12.7. The molecule has 0 bridgehead atoms. The Balaban J connectivity index is 2.30. The van der Waals surface area contributed by atoms with E-state index in [0.717, 1.165) is 5.56 Å². The van der Waals surface area contributed by atoms with Gasteiger partial charge in [0.25, 0.3) is 0 Å². The lowest BCUT2D eigenvalue weighted by Gasteiger charge is -2.23. The molecule has 0 heterocycles. The number of nitrogens with one attached hydrogen (secondary N) is 2. The predicted molar refractivity (Wildman–Crippen MR) is 119 cm³/mol. The normalized spacial score (nSPS) is 12.6. The van der Waals surface area contributed by atoms with Crippen molar-refractivity contribution in [1.29, 1.82) is 0 Å². The van der Waals surface area contributed by atoms with E-state index in [-0.39, 0.29) is 45.6 Å². The Morgan fingerprint density at radius 3 is 2.09 bits per heavy atom. The minimum atomic E-state index is -0.803. The van der Waals surface area contributed by atoms with Gasteiger partial charge in [-0.3, -0.25) is 9.59 Å². The van der Waals surface area contributed by atoms with Crippen LogP contribution < -0.4 is 10.6 Å². The SMILES string of the molecule is COC(=O)COCCOCCOCC(=O)N[C@H](C(=O)NC(C=O)Cc1ccccc1)C(C)C. The number of carbonyl (C=O) groups is 4. The number of aldehydes is 1. The van der Waals surface area contributed by atoms with Gasteiger partial charge in [-0.15, -0.1) is 0 Å². The molecule has 10 heteroatoms. The molecular formula is C23H34N2O8. The van der Waals surface area contributed by atoms with Gasteiger partial charge >= 0.3 is 5.97 Å². The smallest absolute Gasteiger partial charge is 0.331 e. The van der Waals surface area contributed by atoms with E-state index in [9.17, 15) is 19.2 Å². The maximum absolute atomic E-state index is 12.7. The Labute approximate surface area is 194 Å². The summed E-state index contributed by atoms with van der Waals surface area (Å²) in [6, 6.07) is 7.85. The molecule has 0 aromatic heterocycles. The van der Waals surface area contributed by atoms with Crippen molar-refractivity contribution < 1.29 is 38.1 Å². The third-order valence-corrected chi connectivity index (χ3v) is 4.48. The molecule has 0 saturated carbocycles. The van der Waals surface area contributed by atoms with Crippen LogP contribution in [0.25, 0.3) is 0 Å². The van der Waals surface area contributed by atoms with Gasteiger partial charge in [0, 0.05) is 0 Å². The van der Waals surface area contributed by atoms with Gasteiger partial charge in [-0.25, -0.2) is 4.79 Å². The largest absolute Gasteiger partial charge is 0.467 e. The fourth-order valence-electron chi connectivity index (χ4n) is 2.74. The van der Waals surface area contributed by atoms with Gasteiger partial charge < -0.3 is 34.4 Å². The second kappa shape index (κ2) is 16.8. The van der Waals surface area contributed by atoms with E-state index in [1.54, 1.807) is 13.8 Å². The molecule has 1 unspecified atom stereocenters. The first-order valence-corrected chi connectivity index (χ1v) is 10.8. The lowest BCUT2D eigenvalue weighted by atomic mass is 10.0. The molecule has 0 saturated heterocycles. The van der Waals surface area contributed by atoms with Crippen molar-refractivity contribution in [2.45, 2.75) is 32.4 Å². The van der Waals surface area contributed by atoms with Crippen molar-refractivity contribution in [3.05, 3.63) is 35.9 Å². The third-order valence-electron chi connectivity index (χ3n) is 4.48. The molecular weight excluding hydrogens is 432 g/mol. The molecule has 0 aliphatic carbocycles. The highest BCUT2D eigenvalue weighted by Crippen LogP contribution is 2.05. The van der Waals surface area contributed by atoms with Crippen molar-refractivity contribution in [1.82, 2.24) is 10.6 Å². The molecule has 1 aromatic carbocycles. The van der Waals surface area contributed by atoms with Gasteiger partial charge in [0.05, 0.1) is 39.6 Å². The highest BCUT2D eigenvalue weighted by Gasteiger charge is 2.26. The van der Waals surface area contributed by atoms with E-state index in [1.807, 2.05) is 30.3 Å². The Kier molecular flexibility index (Phi) is 14.3. The lowest BCUT2D eigenvalue weighted by Crippen LogP contribution is -2.53. The fourth-order valence-corrected chi connectivity index (χ4v) is 2.74. The Hall–Kier alpha value is -2.82. The van der Waals surface area contributed by atoms with Gasteiger partial charge in [-0.2, -0.15) is 0 Å². The summed E-state index contributed by atoms with van der Waals surface area (Å²) in [6.07, 6.45) is 1.05. The quantitative estimate of drug-likeness (QED) is 0.190. The number of rotatable bonds is 17. The van der Waals surface area contributed by atoms with E-state index in [0.29, 0.717) is 12.7 Å². The molecule has 184 valence electrons. The first kappa shape index (κ1) is 28.2. The molecule has 1 rings (SSSR count). The average Bonchev–Trinajstić information content (AvgIpc) is 2.81. The van der Waals surface area contributed by atoms with E-state index >= 15 is 0 Å². The molecule has 33 heavy (non-hydrogen) atoms. The molecule has 10 nitrogen and oxygen atoms in total. The summed E-state index contributed by atoms with van der Waals surface area (Å²) in [6.45, 7) is 4.14. The summed E-state index contributed by atoms with van der Waals surface area (Å²) in [5, 5.41) is 5.34. The number of ether oxygens (including phenoxy) is 4. The standard InChI is InChI=1S/C23H34N2O8/c1-17(2)22(23(29)24-19(14-26)13-18-7-5-4-6-8-18)25-20(27)15-32-11-9-31-10-12-33-16-21(28)30-3/h4-8,14,17,19,22H,9-13,15-16H2,1-3H3,(H,24,29)(H,25,27)/t19?,22-/m0/s1. The van der Waals surface area contributed by atoms with Crippen molar-refractivity contribution in [3.8, 4) is 0 Å². The summed E-state index contributed by atoms with van der Waals surface area (Å²) >= 11 is 0. The zero-order valence-corrected chi connectivity index (χ0v) is 19.4. The Morgan fingerprint density at radius 1 is 0.909 bits per heavy atom. The van der Waals surface area contributed by atoms with E-state index in [4.69, 9.17) is 14.2 Å². The van der Waals surface area contributed by atoms with Crippen molar-refractivity contribution in [3.63, 3.8) is 0 Å². The van der Waals surface area contributed by atoms with Crippen molar-refractivity contribution >= 4 is 24.1 Å². The molecule has 2 N–H and O–H groups in total. The summed E-state index contributed by atoms with van der Waals surface area (Å²) in [5.41, 5.74) is 0.922. The zero-order chi connectivity index (χ0) is 24.5. The molecule has 0 aliphatic heterocycles.